The molecule has 0 spiro atoms. The van der Waals surface area contributed by atoms with E-state index in [4.69, 9.17) is 0 Å². The second-order valence-electron chi connectivity index (χ2n) is 6.54. The Bertz CT molecular complexity index is 1110. The van der Waals surface area contributed by atoms with Crippen molar-refractivity contribution in [2.45, 2.75) is 6.18 Å². The first kappa shape index (κ1) is 21.1. The maximum Gasteiger partial charge on any atom is 0.433 e. The van der Waals surface area contributed by atoms with Crippen LogP contribution in [0.25, 0.3) is 22.8 Å². The predicted octanol–water partition coefficient (Wildman–Crippen LogP) is 3.93. The Labute approximate surface area is 181 Å². The smallest absolute Gasteiger partial charge is 0.368 e. The SMILES string of the molecule is FC(F)(F)c1ccnc(NCCNc2cc(-c3cccnc3)nc(-c3ccccn3)n2)n1. The van der Waals surface area contributed by atoms with Crippen molar-refractivity contribution in [3.05, 3.63) is 72.9 Å². The maximum absolute atomic E-state index is 12.8. The van der Waals surface area contributed by atoms with Crippen molar-refractivity contribution >= 4 is 11.8 Å². The average Bonchev–Trinajstić information content (AvgIpc) is 2.82. The van der Waals surface area contributed by atoms with E-state index in [1.807, 2.05) is 18.2 Å². The van der Waals surface area contributed by atoms with E-state index in [0.717, 1.165) is 17.8 Å². The van der Waals surface area contributed by atoms with Gasteiger partial charge in [0.15, 0.2) is 5.82 Å². The molecule has 0 aliphatic heterocycles. The van der Waals surface area contributed by atoms with Crippen LogP contribution < -0.4 is 10.6 Å². The van der Waals surface area contributed by atoms with Gasteiger partial charge in [0.1, 0.15) is 17.2 Å². The molecule has 4 aromatic heterocycles. The van der Waals surface area contributed by atoms with Crippen molar-refractivity contribution < 1.29 is 13.2 Å². The van der Waals surface area contributed by atoms with E-state index in [-0.39, 0.29) is 12.5 Å². The average molecular weight is 438 g/mol. The summed E-state index contributed by atoms with van der Waals surface area (Å²) in [5.74, 6) is 0.865. The van der Waals surface area contributed by atoms with E-state index >= 15 is 0 Å². The molecule has 0 radical (unpaired) electrons. The zero-order valence-electron chi connectivity index (χ0n) is 16.6. The maximum atomic E-state index is 12.8. The molecule has 0 unspecified atom stereocenters. The quantitative estimate of drug-likeness (QED) is 0.419. The number of rotatable bonds is 7. The highest BCUT2D eigenvalue weighted by Gasteiger charge is 2.32. The van der Waals surface area contributed by atoms with Crippen molar-refractivity contribution in [3.8, 4) is 22.8 Å². The van der Waals surface area contributed by atoms with Crippen LogP contribution in [0.4, 0.5) is 24.9 Å². The van der Waals surface area contributed by atoms with Crippen LogP contribution in [0.1, 0.15) is 5.69 Å². The van der Waals surface area contributed by atoms with Gasteiger partial charge in [-0.2, -0.15) is 13.2 Å². The minimum atomic E-state index is -4.52. The summed E-state index contributed by atoms with van der Waals surface area (Å²) in [6.07, 6.45) is 1.56. The van der Waals surface area contributed by atoms with Gasteiger partial charge in [0.25, 0.3) is 0 Å². The molecule has 0 amide bonds. The van der Waals surface area contributed by atoms with Gasteiger partial charge in [0.05, 0.1) is 5.69 Å². The number of aromatic nitrogens is 6. The van der Waals surface area contributed by atoms with Gasteiger partial charge in [-0.1, -0.05) is 6.07 Å². The third-order valence-electron chi connectivity index (χ3n) is 4.24. The van der Waals surface area contributed by atoms with E-state index in [1.54, 1.807) is 36.8 Å². The number of nitrogens with one attached hydrogen (secondary N) is 2. The fourth-order valence-electron chi connectivity index (χ4n) is 2.78. The summed E-state index contributed by atoms with van der Waals surface area (Å²) < 4.78 is 38.3. The minimum Gasteiger partial charge on any atom is -0.368 e. The van der Waals surface area contributed by atoms with E-state index in [1.165, 1.54) is 0 Å². The molecule has 32 heavy (non-hydrogen) atoms. The molecule has 8 nitrogen and oxygen atoms in total. The highest BCUT2D eigenvalue weighted by molar-refractivity contribution is 5.65. The lowest BCUT2D eigenvalue weighted by atomic mass is 10.2. The number of pyridine rings is 2. The van der Waals surface area contributed by atoms with Gasteiger partial charge in [-0.25, -0.2) is 19.9 Å². The van der Waals surface area contributed by atoms with Gasteiger partial charge >= 0.3 is 6.18 Å². The monoisotopic (exact) mass is 438 g/mol. The Morgan fingerprint density at radius 2 is 1.66 bits per heavy atom. The van der Waals surface area contributed by atoms with Crippen molar-refractivity contribution in [2.24, 2.45) is 0 Å². The minimum absolute atomic E-state index is 0.102. The predicted molar refractivity (Wildman–Crippen MR) is 113 cm³/mol. The number of halogens is 3. The lowest BCUT2D eigenvalue weighted by Crippen LogP contribution is -2.17. The highest BCUT2D eigenvalue weighted by atomic mass is 19.4. The van der Waals surface area contributed by atoms with Crippen LogP contribution in [0.15, 0.2) is 67.3 Å². The Hall–Kier alpha value is -4.15. The molecule has 2 N–H and O–H groups in total. The Kier molecular flexibility index (Phi) is 6.15. The molecule has 4 heterocycles. The second kappa shape index (κ2) is 9.33. The van der Waals surface area contributed by atoms with Crippen molar-refractivity contribution in [2.75, 3.05) is 23.7 Å². The van der Waals surface area contributed by atoms with Gasteiger partial charge in [0.2, 0.25) is 5.95 Å². The van der Waals surface area contributed by atoms with Crippen LogP contribution >= 0.6 is 0 Å². The summed E-state index contributed by atoms with van der Waals surface area (Å²) in [4.78, 5) is 24.8. The molecule has 162 valence electrons. The number of hydrogen-bond acceptors (Lipinski definition) is 8. The van der Waals surface area contributed by atoms with Gasteiger partial charge in [-0.05, 0) is 30.3 Å². The summed E-state index contributed by atoms with van der Waals surface area (Å²) in [7, 11) is 0. The van der Waals surface area contributed by atoms with Crippen molar-refractivity contribution in [3.63, 3.8) is 0 Å². The number of hydrogen-bond donors (Lipinski definition) is 2. The summed E-state index contributed by atoms with van der Waals surface area (Å²) in [6, 6.07) is 11.7. The molecular formula is C21H17F3N8. The van der Waals surface area contributed by atoms with Gasteiger partial charge in [-0.3, -0.25) is 9.97 Å². The standard InChI is InChI=1S/C21H17F3N8/c22-21(23,24)17-6-9-28-20(31-17)29-11-10-27-18-12-16(14-4-3-7-25-13-14)30-19(32-18)15-5-1-2-8-26-15/h1-9,12-13H,10-11H2,(H,27,30,32)(H,28,29,31). The Morgan fingerprint density at radius 1 is 0.781 bits per heavy atom. The zero-order valence-corrected chi connectivity index (χ0v) is 16.6. The first-order valence-electron chi connectivity index (χ1n) is 9.58. The lowest BCUT2D eigenvalue weighted by Gasteiger charge is -2.11. The third kappa shape index (κ3) is 5.31. The Balaban J connectivity index is 1.48. The van der Waals surface area contributed by atoms with Gasteiger partial charge in [-0.15, -0.1) is 0 Å². The van der Waals surface area contributed by atoms with E-state index in [0.29, 0.717) is 29.6 Å². The number of anilines is 2. The molecule has 0 atom stereocenters. The molecule has 0 aromatic carbocycles. The molecule has 0 saturated carbocycles. The molecule has 4 aromatic rings. The molecule has 11 heteroatoms. The van der Waals surface area contributed by atoms with Crippen molar-refractivity contribution in [1.29, 1.82) is 0 Å². The normalized spacial score (nSPS) is 11.2. The van der Waals surface area contributed by atoms with Crippen molar-refractivity contribution in [1.82, 2.24) is 29.9 Å². The molecule has 0 fully saturated rings. The van der Waals surface area contributed by atoms with Crippen LogP contribution in [0, 0.1) is 0 Å². The molecule has 0 aliphatic carbocycles. The van der Waals surface area contributed by atoms with Crippen LogP contribution in [0.5, 0.6) is 0 Å². The van der Waals surface area contributed by atoms with E-state index < -0.39 is 11.9 Å². The summed E-state index contributed by atoms with van der Waals surface area (Å²) in [6.45, 7) is 0.622. The fraction of sp³-hybridized carbons (Fsp3) is 0.143. The Morgan fingerprint density at radius 3 is 2.41 bits per heavy atom. The summed E-state index contributed by atoms with van der Waals surface area (Å²) >= 11 is 0. The van der Waals surface area contributed by atoms with Crippen LogP contribution in [-0.2, 0) is 6.18 Å². The molecule has 0 aliphatic rings. The first-order chi connectivity index (χ1) is 15.5. The summed E-state index contributed by atoms with van der Waals surface area (Å²) in [5, 5.41) is 5.91. The van der Waals surface area contributed by atoms with Crippen LogP contribution in [0.2, 0.25) is 0 Å². The molecule has 0 saturated heterocycles. The van der Waals surface area contributed by atoms with E-state index in [2.05, 4.69) is 40.5 Å². The highest BCUT2D eigenvalue weighted by Crippen LogP contribution is 2.27. The number of nitrogens with zero attached hydrogens (tertiary/aromatic N) is 6. The fourth-order valence-corrected chi connectivity index (χ4v) is 2.78. The lowest BCUT2D eigenvalue weighted by molar-refractivity contribution is -0.141. The topological polar surface area (TPSA) is 101 Å². The van der Waals surface area contributed by atoms with Gasteiger partial charge in [0, 0.05) is 49.5 Å². The third-order valence-corrected chi connectivity index (χ3v) is 4.24. The largest absolute Gasteiger partial charge is 0.433 e. The molecular weight excluding hydrogens is 421 g/mol. The first-order valence-corrected chi connectivity index (χ1v) is 9.58. The zero-order chi connectivity index (χ0) is 22.4. The molecule has 0 bridgehead atoms. The number of alkyl halides is 3. The second-order valence-corrected chi connectivity index (χ2v) is 6.54. The van der Waals surface area contributed by atoms with Gasteiger partial charge < -0.3 is 10.6 Å². The van der Waals surface area contributed by atoms with Crippen LogP contribution in [0.3, 0.4) is 0 Å². The summed E-state index contributed by atoms with van der Waals surface area (Å²) in [5.41, 5.74) is 1.08. The van der Waals surface area contributed by atoms with E-state index in [9.17, 15) is 13.2 Å². The van der Waals surface area contributed by atoms with Crippen LogP contribution in [-0.4, -0.2) is 43.0 Å². The molecule has 4 rings (SSSR count).